The molecule has 1 saturated heterocycles. The van der Waals surface area contributed by atoms with Crippen molar-refractivity contribution in [3.05, 3.63) is 62.9 Å². The van der Waals surface area contributed by atoms with Gasteiger partial charge in [-0.25, -0.2) is 0 Å². The van der Waals surface area contributed by atoms with Crippen LogP contribution in [0.4, 0.5) is 0 Å². The predicted molar refractivity (Wildman–Crippen MR) is 99.5 cm³/mol. The van der Waals surface area contributed by atoms with Crippen molar-refractivity contribution in [3.63, 3.8) is 0 Å². The number of amides is 1. The molecular weight excluding hydrogens is 334 g/mol. The van der Waals surface area contributed by atoms with Crippen LogP contribution in [0.25, 0.3) is 5.76 Å². The molecule has 5 heteroatoms. The van der Waals surface area contributed by atoms with Crippen LogP contribution in [0.5, 0.6) is 0 Å². The molecule has 1 unspecified atom stereocenters. The topological polar surface area (TPSA) is 57.6 Å². The molecule has 2 heterocycles. The molecule has 0 bridgehead atoms. The minimum Gasteiger partial charge on any atom is -0.507 e. The Labute approximate surface area is 151 Å². The summed E-state index contributed by atoms with van der Waals surface area (Å²) in [6.45, 7) is 6.40. The summed E-state index contributed by atoms with van der Waals surface area (Å²) in [5.41, 5.74) is 2.89. The van der Waals surface area contributed by atoms with Crippen molar-refractivity contribution in [3.8, 4) is 0 Å². The Balaban J connectivity index is 2.17. The third kappa shape index (κ3) is 3.00. The van der Waals surface area contributed by atoms with E-state index in [2.05, 4.69) is 0 Å². The first-order valence-corrected chi connectivity index (χ1v) is 9.23. The van der Waals surface area contributed by atoms with Crippen molar-refractivity contribution >= 4 is 28.8 Å². The van der Waals surface area contributed by atoms with Crippen molar-refractivity contribution in [2.75, 3.05) is 6.54 Å². The lowest BCUT2D eigenvalue weighted by atomic mass is 9.97. The van der Waals surface area contributed by atoms with Crippen molar-refractivity contribution in [2.45, 2.75) is 33.2 Å². The van der Waals surface area contributed by atoms with E-state index in [4.69, 9.17) is 0 Å². The number of ketones is 1. The van der Waals surface area contributed by atoms with Crippen LogP contribution >= 0.6 is 11.3 Å². The highest BCUT2D eigenvalue weighted by Gasteiger charge is 2.46. The van der Waals surface area contributed by atoms with E-state index in [-0.39, 0.29) is 11.3 Å². The third-order valence-electron chi connectivity index (χ3n) is 4.60. The molecule has 1 aromatic heterocycles. The Hall–Kier alpha value is -2.40. The van der Waals surface area contributed by atoms with Crippen molar-refractivity contribution < 1.29 is 14.7 Å². The van der Waals surface area contributed by atoms with Gasteiger partial charge in [0.05, 0.1) is 11.6 Å². The minimum atomic E-state index is -0.609. The quantitative estimate of drug-likeness (QED) is 0.508. The number of aliphatic hydroxyl groups is 1. The lowest BCUT2D eigenvalue weighted by Gasteiger charge is -2.23. The molecule has 1 aliphatic heterocycles. The Bertz CT molecular complexity index is 852. The van der Waals surface area contributed by atoms with E-state index in [1.54, 1.807) is 11.0 Å². The number of thiophene rings is 1. The lowest BCUT2D eigenvalue weighted by molar-refractivity contribution is -0.139. The minimum absolute atomic E-state index is 0.0987. The lowest BCUT2D eigenvalue weighted by Crippen LogP contribution is -2.30. The Morgan fingerprint density at radius 2 is 1.96 bits per heavy atom. The zero-order chi connectivity index (χ0) is 18.1. The summed E-state index contributed by atoms with van der Waals surface area (Å²) >= 11 is 1.48. The number of likely N-dealkylation sites (tertiary alicyclic amines) is 1. The molecule has 1 aromatic carbocycles. The van der Waals surface area contributed by atoms with Gasteiger partial charge in [-0.3, -0.25) is 9.59 Å². The highest BCUT2D eigenvalue weighted by Crippen LogP contribution is 2.41. The van der Waals surface area contributed by atoms with Gasteiger partial charge in [0, 0.05) is 17.0 Å². The maximum absolute atomic E-state index is 12.7. The van der Waals surface area contributed by atoms with E-state index in [9.17, 15) is 14.7 Å². The Kier molecular flexibility index (Phi) is 4.77. The largest absolute Gasteiger partial charge is 0.507 e. The van der Waals surface area contributed by atoms with Gasteiger partial charge in [-0.05, 0) is 48.9 Å². The number of carbonyl (C=O) groups excluding carboxylic acids is 2. The number of hydrogen-bond acceptors (Lipinski definition) is 4. The van der Waals surface area contributed by atoms with Crippen molar-refractivity contribution in [1.82, 2.24) is 4.90 Å². The highest BCUT2D eigenvalue weighted by atomic mass is 32.1. The fourth-order valence-electron chi connectivity index (χ4n) is 3.14. The van der Waals surface area contributed by atoms with Gasteiger partial charge >= 0.3 is 0 Å². The summed E-state index contributed by atoms with van der Waals surface area (Å²) in [6.07, 6.45) is 0.749. The molecule has 0 radical (unpaired) electrons. The predicted octanol–water partition coefficient (Wildman–Crippen LogP) is 4.20. The summed E-state index contributed by atoms with van der Waals surface area (Å²) in [5, 5.41) is 12.8. The van der Waals surface area contributed by atoms with Crippen molar-refractivity contribution in [1.29, 1.82) is 0 Å². The molecule has 25 heavy (non-hydrogen) atoms. The highest BCUT2D eigenvalue weighted by molar-refractivity contribution is 7.10. The Morgan fingerprint density at radius 1 is 1.20 bits per heavy atom. The summed E-state index contributed by atoms with van der Waals surface area (Å²) in [4.78, 5) is 27.6. The number of aliphatic hydroxyl groups excluding tert-OH is 1. The molecule has 2 aromatic rings. The second-order valence-corrected chi connectivity index (χ2v) is 7.29. The van der Waals surface area contributed by atoms with Gasteiger partial charge in [0.15, 0.2) is 0 Å². The molecule has 1 amide bonds. The van der Waals surface area contributed by atoms with Crippen LogP contribution in [0.15, 0.2) is 41.3 Å². The zero-order valence-corrected chi connectivity index (χ0v) is 15.4. The summed E-state index contributed by atoms with van der Waals surface area (Å²) in [5.74, 6) is -1.24. The van der Waals surface area contributed by atoms with Gasteiger partial charge in [0.2, 0.25) is 0 Å². The van der Waals surface area contributed by atoms with Gasteiger partial charge < -0.3 is 10.0 Å². The molecule has 1 aliphatic rings. The van der Waals surface area contributed by atoms with E-state index in [1.807, 2.05) is 50.4 Å². The van der Waals surface area contributed by atoms with Gasteiger partial charge in [0.25, 0.3) is 11.7 Å². The molecule has 1 atom stereocenters. The second-order valence-electron chi connectivity index (χ2n) is 6.31. The van der Waals surface area contributed by atoms with Gasteiger partial charge in [-0.1, -0.05) is 25.1 Å². The number of carbonyl (C=O) groups is 2. The van der Waals surface area contributed by atoms with Crippen LogP contribution in [-0.2, 0) is 9.59 Å². The van der Waals surface area contributed by atoms with E-state index >= 15 is 0 Å². The van der Waals surface area contributed by atoms with E-state index < -0.39 is 17.7 Å². The zero-order valence-electron chi connectivity index (χ0n) is 14.6. The summed E-state index contributed by atoms with van der Waals surface area (Å²) < 4.78 is 0. The van der Waals surface area contributed by atoms with Crippen LogP contribution < -0.4 is 0 Å². The molecule has 0 aliphatic carbocycles. The molecule has 0 spiro atoms. The van der Waals surface area contributed by atoms with Crippen LogP contribution in [0.1, 0.15) is 41.0 Å². The number of benzene rings is 1. The molecule has 1 N–H and O–H groups in total. The molecular formula is C20H21NO3S. The van der Waals surface area contributed by atoms with Crippen LogP contribution in [0.3, 0.4) is 0 Å². The van der Waals surface area contributed by atoms with Crippen LogP contribution in [-0.4, -0.2) is 28.2 Å². The fraction of sp³-hybridized carbons (Fsp3) is 0.300. The van der Waals surface area contributed by atoms with Gasteiger partial charge in [0.1, 0.15) is 5.76 Å². The second kappa shape index (κ2) is 6.84. The monoisotopic (exact) mass is 355 g/mol. The first-order chi connectivity index (χ1) is 12.0. The maximum Gasteiger partial charge on any atom is 0.295 e. The SMILES string of the molecule is CCCN1C(=O)C(=O)/C(=C(\O)c2ccc(C)c(C)c2)C1c1cccs1. The van der Waals surface area contributed by atoms with Gasteiger partial charge in [-0.2, -0.15) is 0 Å². The summed E-state index contributed by atoms with van der Waals surface area (Å²) in [7, 11) is 0. The van der Waals surface area contributed by atoms with Gasteiger partial charge in [-0.15, -0.1) is 11.3 Å². The number of nitrogens with zero attached hydrogens (tertiary/aromatic N) is 1. The van der Waals surface area contributed by atoms with Crippen molar-refractivity contribution in [2.24, 2.45) is 0 Å². The first kappa shape index (κ1) is 17.4. The standard InChI is InChI=1S/C20H21NO3S/c1-4-9-21-17(15-6-5-10-25-15)16(19(23)20(21)24)18(22)14-8-7-12(2)13(3)11-14/h5-8,10-11,17,22H,4,9H2,1-3H3/b18-16-. The number of rotatable bonds is 4. The molecule has 3 rings (SSSR count). The molecule has 1 fully saturated rings. The summed E-state index contributed by atoms with van der Waals surface area (Å²) in [6, 6.07) is 8.83. The van der Waals surface area contributed by atoms with E-state index in [0.717, 1.165) is 22.4 Å². The van der Waals surface area contributed by atoms with E-state index in [0.29, 0.717) is 12.1 Å². The molecule has 4 nitrogen and oxygen atoms in total. The number of hydrogen-bond donors (Lipinski definition) is 1. The van der Waals surface area contributed by atoms with E-state index in [1.165, 1.54) is 11.3 Å². The smallest absolute Gasteiger partial charge is 0.295 e. The average molecular weight is 355 g/mol. The number of aryl methyl sites for hydroxylation is 2. The fourth-order valence-corrected chi connectivity index (χ4v) is 3.98. The average Bonchev–Trinajstić information content (AvgIpc) is 3.19. The van der Waals surface area contributed by atoms with Crippen LogP contribution in [0.2, 0.25) is 0 Å². The Morgan fingerprint density at radius 3 is 2.56 bits per heavy atom. The maximum atomic E-state index is 12.7. The first-order valence-electron chi connectivity index (χ1n) is 8.35. The molecule has 130 valence electrons. The molecule has 0 saturated carbocycles. The number of Topliss-reactive ketones (excluding diaryl/α,β-unsaturated/α-hetero) is 1. The third-order valence-corrected chi connectivity index (χ3v) is 5.52. The normalized spacial score (nSPS) is 19.6. The van der Waals surface area contributed by atoms with Crippen LogP contribution in [0, 0.1) is 13.8 Å².